The van der Waals surface area contributed by atoms with E-state index in [9.17, 15) is 23.1 Å². The number of aromatic hydroxyl groups is 1. The third-order valence-corrected chi connectivity index (χ3v) is 4.96. The van der Waals surface area contributed by atoms with Crippen LogP contribution in [0.1, 0.15) is 42.1 Å². The minimum absolute atomic E-state index is 0.0411. The largest absolute Gasteiger partial charge is 0.503 e. The number of rotatable bonds is 4. The normalized spacial score (nSPS) is 19.8. The molecule has 138 valence electrons. The molecular formula is C20H20F3NO2. The second kappa shape index (κ2) is 7.40. The van der Waals surface area contributed by atoms with Crippen LogP contribution >= 0.6 is 0 Å². The van der Waals surface area contributed by atoms with E-state index in [2.05, 4.69) is 0 Å². The van der Waals surface area contributed by atoms with E-state index in [4.69, 9.17) is 0 Å². The predicted octanol–water partition coefficient (Wildman–Crippen LogP) is 4.44. The number of carbonyl (C=O) groups is 1. The number of amides is 1. The number of hydrogen-bond donors (Lipinski definition) is 1. The third-order valence-electron chi connectivity index (χ3n) is 4.96. The second-order valence-corrected chi connectivity index (χ2v) is 6.75. The highest BCUT2D eigenvalue weighted by Gasteiger charge is 2.35. The molecule has 1 aliphatic rings. The predicted molar refractivity (Wildman–Crippen MR) is 91.4 cm³/mol. The Kier molecular flexibility index (Phi) is 5.20. The van der Waals surface area contributed by atoms with Gasteiger partial charge in [-0.05, 0) is 62.4 Å². The number of phenolic OH excluding ortho intramolecular Hbond substituents is 1. The molecule has 1 saturated heterocycles. The topological polar surface area (TPSA) is 40.5 Å². The summed E-state index contributed by atoms with van der Waals surface area (Å²) in [5.74, 6) is -4.12. The molecule has 1 heterocycles. The molecule has 3 nitrogen and oxygen atoms in total. The molecule has 2 aromatic carbocycles. The fraction of sp³-hybridized carbons (Fsp3) is 0.350. The molecule has 1 aliphatic heterocycles. The van der Waals surface area contributed by atoms with Crippen LogP contribution in [0.15, 0.2) is 36.4 Å². The second-order valence-electron chi connectivity index (χ2n) is 6.75. The summed E-state index contributed by atoms with van der Waals surface area (Å²) in [7, 11) is 0. The zero-order chi connectivity index (χ0) is 18.8. The van der Waals surface area contributed by atoms with Crippen molar-refractivity contribution in [1.82, 2.24) is 4.90 Å². The Bertz CT molecular complexity index is 784. The summed E-state index contributed by atoms with van der Waals surface area (Å²) in [6.07, 6.45) is 2.98. The van der Waals surface area contributed by atoms with Gasteiger partial charge in [0.05, 0.1) is 0 Å². The van der Waals surface area contributed by atoms with Crippen LogP contribution in [0, 0.1) is 17.5 Å². The van der Waals surface area contributed by atoms with Crippen molar-refractivity contribution in [3.63, 3.8) is 0 Å². The summed E-state index contributed by atoms with van der Waals surface area (Å²) in [5.41, 5.74) is 0.860. The Hall–Kier alpha value is -2.50. The fourth-order valence-corrected chi connectivity index (χ4v) is 3.54. The molecule has 6 heteroatoms. The highest BCUT2D eigenvalue weighted by molar-refractivity contribution is 5.95. The molecule has 3 rings (SSSR count). The van der Waals surface area contributed by atoms with Crippen LogP contribution in [0.4, 0.5) is 13.2 Å². The Morgan fingerprint density at radius 2 is 1.73 bits per heavy atom. The number of carbonyl (C=O) groups excluding carboxylic acids is 1. The van der Waals surface area contributed by atoms with Gasteiger partial charge in [0.2, 0.25) is 0 Å². The standard InChI is InChI=1S/C20H20F3NO2/c1-12-2-8-16(9-5-13-3-6-15(21)7-4-13)24(12)20(26)14-10-17(22)19(25)18(23)11-14/h3-4,6-7,10-12,16,25H,2,5,8-9H2,1H3/t12-,16-/m1/s1. The minimum atomic E-state index is -1.15. The molecule has 0 aromatic heterocycles. The summed E-state index contributed by atoms with van der Waals surface area (Å²) < 4.78 is 40.2. The molecule has 0 radical (unpaired) electrons. The van der Waals surface area contributed by atoms with Gasteiger partial charge in [0.1, 0.15) is 5.82 Å². The van der Waals surface area contributed by atoms with E-state index in [0.29, 0.717) is 12.8 Å². The van der Waals surface area contributed by atoms with Crippen LogP contribution in [0.2, 0.25) is 0 Å². The Morgan fingerprint density at radius 1 is 1.12 bits per heavy atom. The first-order chi connectivity index (χ1) is 12.4. The molecule has 0 saturated carbocycles. The van der Waals surface area contributed by atoms with Gasteiger partial charge in [0, 0.05) is 17.6 Å². The van der Waals surface area contributed by atoms with E-state index >= 15 is 0 Å². The van der Waals surface area contributed by atoms with Crippen molar-refractivity contribution in [1.29, 1.82) is 0 Å². The molecule has 1 amide bonds. The lowest BCUT2D eigenvalue weighted by atomic mass is 10.0. The Labute approximate surface area is 150 Å². The molecule has 0 aliphatic carbocycles. The quantitative estimate of drug-likeness (QED) is 0.873. The number of benzene rings is 2. The lowest BCUT2D eigenvalue weighted by molar-refractivity contribution is 0.0671. The Morgan fingerprint density at radius 3 is 2.35 bits per heavy atom. The molecular weight excluding hydrogens is 343 g/mol. The fourth-order valence-electron chi connectivity index (χ4n) is 3.54. The molecule has 0 bridgehead atoms. The molecule has 1 N–H and O–H groups in total. The highest BCUT2D eigenvalue weighted by Crippen LogP contribution is 2.30. The van der Waals surface area contributed by atoms with Crippen LogP contribution in [0.25, 0.3) is 0 Å². The van der Waals surface area contributed by atoms with Crippen molar-refractivity contribution in [2.45, 2.75) is 44.7 Å². The van der Waals surface area contributed by atoms with Crippen molar-refractivity contribution in [3.8, 4) is 5.75 Å². The van der Waals surface area contributed by atoms with Crippen molar-refractivity contribution >= 4 is 5.91 Å². The van der Waals surface area contributed by atoms with Crippen molar-refractivity contribution < 1.29 is 23.1 Å². The van der Waals surface area contributed by atoms with Crippen LogP contribution in [-0.4, -0.2) is 28.0 Å². The van der Waals surface area contributed by atoms with Gasteiger partial charge in [-0.2, -0.15) is 0 Å². The lowest BCUT2D eigenvalue weighted by Gasteiger charge is -2.29. The average Bonchev–Trinajstić information content (AvgIpc) is 2.98. The molecule has 0 unspecified atom stereocenters. The van der Waals surface area contributed by atoms with Gasteiger partial charge in [-0.3, -0.25) is 4.79 Å². The number of phenols is 1. The van der Waals surface area contributed by atoms with E-state index in [1.165, 1.54) is 12.1 Å². The van der Waals surface area contributed by atoms with Crippen molar-refractivity contribution in [2.75, 3.05) is 0 Å². The first kappa shape index (κ1) is 18.3. The smallest absolute Gasteiger partial charge is 0.254 e. The number of hydrogen-bond acceptors (Lipinski definition) is 2. The first-order valence-electron chi connectivity index (χ1n) is 8.62. The number of aryl methyl sites for hydroxylation is 1. The average molecular weight is 363 g/mol. The Balaban J connectivity index is 1.75. The molecule has 26 heavy (non-hydrogen) atoms. The van der Waals surface area contributed by atoms with Gasteiger partial charge < -0.3 is 10.0 Å². The van der Waals surface area contributed by atoms with Crippen LogP contribution in [0.5, 0.6) is 5.75 Å². The van der Waals surface area contributed by atoms with E-state index in [1.54, 1.807) is 17.0 Å². The van der Waals surface area contributed by atoms with E-state index in [0.717, 1.165) is 30.5 Å². The first-order valence-corrected chi connectivity index (χ1v) is 8.62. The van der Waals surface area contributed by atoms with Gasteiger partial charge in [0.25, 0.3) is 5.91 Å². The maximum atomic E-state index is 13.6. The van der Waals surface area contributed by atoms with Gasteiger partial charge in [-0.25, -0.2) is 13.2 Å². The number of nitrogens with zero attached hydrogens (tertiary/aromatic N) is 1. The molecule has 2 atom stereocenters. The van der Waals surface area contributed by atoms with Crippen LogP contribution in [0.3, 0.4) is 0 Å². The van der Waals surface area contributed by atoms with Gasteiger partial charge >= 0.3 is 0 Å². The summed E-state index contributed by atoms with van der Waals surface area (Å²) >= 11 is 0. The van der Waals surface area contributed by atoms with E-state index in [-0.39, 0.29) is 23.5 Å². The summed E-state index contributed by atoms with van der Waals surface area (Å²) in [6, 6.07) is 7.86. The summed E-state index contributed by atoms with van der Waals surface area (Å²) in [6.45, 7) is 1.91. The van der Waals surface area contributed by atoms with Crippen molar-refractivity contribution in [2.24, 2.45) is 0 Å². The van der Waals surface area contributed by atoms with Crippen molar-refractivity contribution in [3.05, 3.63) is 65.0 Å². The summed E-state index contributed by atoms with van der Waals surface area (Å²) in [4.78, 5) is 14.5. The van der Waals surface area contributed by atoms with Crippen LogP contribution < -0.4 is 0 Å². The number of likely N-dealkylation sites (tertiary alicyclic amines) is 1. The van der Waals surface area contributed by atoms with E-state index < -0.39 is 23.3 Å². The zero-order valence-electron chi connectivity index (χ0n) is 14.4. The molecule has 1 fully saturated rings. The maximum Gasteiger partial charge on any atom is 0.254 e. The van der Waals surface area contributed by atoms with Gasteiger partial charge in [-0.1, -0.05) is 12.1 Å². The molecule has 0 spiro atoms. The lowest BCUT2D eigenvalue weighted by Crippen LogP contribution is -2.40. The minimum Gasteiger partial charge on any atom is -0.503 e. The van der Waals surface area contributed by atoms with E-state index in [1.807, 2.05) is 6.92 Å². The SMILES string of the molecule is C[C@@H]1CC[C@H](CCc2ccc(F)cc2)N1C(=O)c1cc(F)c(O)c(F)c1. The number of halogens is 3. The van der Waals surface area contributed by atoms with Gasteiger partial charge in [0.15, 0.2) is 17.4 Å². The zero-order valence-corrected chi connectivity index (χ0v) is 14.4. The monoisotopic (exact) mass is 363 g/mol. The maximum absolute atomic E-state index is 13.6. The third kappa shape index (κ3) is 3.69. The van der Waals surface area contributed by atoms with Crippen LogP contribution in [-0.2, 0) is 6.42 Å². The van der Waals surface area contributed by atoms with Gasteiger partial charge in [-0.15, -0.1) is 0 Å². The highest BCUT2D eigenvalue weighted by atomic mass is 19.1. The molecule has 2 aromatic rings. The summed E-state index contributed by atoms with van der Waals surface area (Å²) in [5, 5.41) is 9.21.